The number of urea groups is 1. The number of rotatable bonds is 5. The Morgan fingerprint density at radius 1 is 1.12 bits per heavy atom. The first-order valence-corrected chi connectivity index (χ1v) is 10.2. The van der Waals surface area contributed by atoms with Crippen LogP contribution in [0.3, 0.4) is 0 Å². The summed E-state index contributed by atoms with van der Waals surface area (Å²) in [5.41, 5.74) is 8.78. The molecular weight excluding hydrogens is 430 g/mol. The zero-order valence-electron chi connectivity index (χ0n) is 17.3. The minimum atomic E-state index is -0.515. The van der Waals surface area contributed by atoms with Crippen molar-refractivity contribution in [2.75, 3.05) is 16.4 Å². The number of carbonyl (C=O) groups is 2. The summed E-state index contributed by atoms with van der Waals surface area (Å²) in [4.78, 5) is 33.8. The summed E-state index contributed by atoms with van der Waals surface area (Å²) in [6.45, 7) is 4.00. The minimum Gasteiger partial charge on any atom is -0.382 e. The number of halogens is 1. The highest BCUT2D eigenvalue weighted by Gasteiger charge is 2.22. The predicted molar refractivity (Wildman–Crippen MR) is 123 cm³/mol. The SMILES string of the molecule is CC(C)c1cc(C(=O)c2cncc(NC(=O)Nc3ccccc3Cl)c2)c2c(N)ncnn12. The van der Waals surface area contributed by atoms with E-state index in [9.17, 15) is 9.59 Å². The van der Waals surface area contributed by atoms with Gasteiger partial charge in [-0.2, -0.15) is 5.10 Å². The van der Waals surface area contributed by atoms with Gasteiger partial charge in [0, 0.05) is 17.5 Å². The number of nitrogen functional groups attached to an aromatic ring is 1. The molecule has 0 fully saturated rings. The van der Waals surface area contributed by atoms with Crippen molar-refractivity contribution in [2.24, 2.45) is 0 Å². The third kappa shape index (κ3) is 4.10. The van der Waals surface area contributed by atoms with Crippen molar-refractivity contribution in [3.8, 4) is 0 Å². The lowest BCUT2D eigenvalue weighted by Gasteiger charge is -2.09. The highest BCUT2D eigenvalue weighted by atomic mass is 35.5. The quantitative estimate of drug-likeness (QED) is 0.388. The van der Waals surface area contributed by atoms with Crippen LogP contribution in [0, 0.1) is 0 Å². The predicted octanol–water partition coefficient (Wildman–Crippen LogP) is 4.36. The number of anilines is 3. The number of aromatic nitrogens is 4. The van der Waals surface area contributed by atoms with E-state index in [2.05, 4.69) is 25.7 Å². The number of benzene rings is 1. The monoisotopic (exact) mass is 449 g/mol. The molecule has 4 rings (SSSR count). The first-order valence-electron chi connectivity index (χ1n) is 9.79. The van der Waals surface area contributed by atoms with Crippen LogP contribution in [0.15, 0.2) is 55.1 Å². The Morgan fingerprint density at radius 3 is 2.66 bits per heavy atom. The van der Waals surface area contributed by atoms with Gasteiger partial charge < -0.3 is 16.4 Å². The van der Waals surface area contributed by atoms with E-state index in [-0.39, 0.29) is 23.1 Å². The van der Waals surface area contributed by atoms with Gasteiger partial charge in [-0.3, -0.25) is 9.78 Å². The Labute approximate surface area is 188 Å². The molecule has 4 N–H and O–H groups in total. The van der Waals surface area contributed by atoms with Gasteiger partial charge >= 0.3 is 6.03 Å². The second-order valence-corrected chi connectivity index (χ2v) is 7.80. The summed E-state index contributed by atoms with van der Waals surface area (Å²) in [5.74, 6) is 0.00755. The van der Waals surface area contributed by atoms with Crippen LogP contribution < -0.4 is 16.4 Å². The van der Waals surface area contributed by atoms with Crippen LogP contribution in [0.25, 0.3) is 5.52 Å². The third-order valence-corrected chi connectivity index (χ3v) is 5.16. The maximum atomic E-state index is 13.3. The van der Waals surface area contributed by atoms with Crippen molar-refractivity contribution in [3.05, 3.63) is 77.0 Å². The Hall–Kier alpha value is -3.98. The lowest BCUT2D eigenvalue weighted by molar-refractivity contribution is 0.104. The second kappa shape index (κ2) is 8.64. The topological polar surface area (TPSA) is 127 Å². The number of carbonyl (C=O) groups excluding carboxylic acids is 2. The number of nitrogens with zero attached hydrogens (tertiary/aromatic N) is 4. The molecule has 0 saturated carbocycles. The van der Waals surface area contributed by atoms with Crippen molar-refractivity contribution in [2.45, 2.75) is 19.8 Å². The number of hydrogen-bond acceptors (Lipinski definition) is 6. The van der Waals surface area contributed by atoms with E-state index in [4.69, 9.17) is 17.3 Å². The number of pyridine rings is 1. The summed E-state index contributed by atoms with van der Waals surface area (Å²) in [5, 5.41) is 9.97. The largest absolute Gasteiger partial charge is 0.382 e. The molecule has 0 atom stereocenters. The van der Waals surface area contributed by atoms with Gasteiger partial charge in [0.15, 0.2) is 11.6 Å². The molecule has 0 unspecified atom stereocenters. The molecule has 1 aromatic carbocycles. The Balaban J connectivity index is 1.62. The molecule has 162 valence electrons. The van der Waals surface area contributed by atoms with Crippen LogP contribution >= 0.6 is 11.6 Å². The Bertz CT molecular complexity index is 1330. The molecule has 2 amide bonds. The fraction of sp³-hybridized carbons (Fsp3) is 0.136. The van der Waals surface area contributed by atoms with E-state index in [1.807, 2.05) is 13.8 Å². The van der Waals surface area contributed by atoms with Gasteiger partial charge in [0.25, 0.3) is 0 Å². The molecule has 0 saturated heterocycles. The Kier molecular flexibility index (Phi) is 5.74. The third-order valence-electron chi connectivity index (χ3n) is 4.83. The first kappa shape index (κ1) is 21.3. The van der Waals surface area contributed by atoms with Gasteiger partial charge in [-0.25, -0.2) is 14.3 Å². The smallest absolute Gasteiger partial charge is 0.323 e. The van der Waals surface area contributed by atoms with Crippen LogP contribution in [0.2, 0.25) is 5.02 Å². The summed E-state index contributed by atoms with van der Waals surface area (Å²) < 4.78 is 1.63. The molecule has 0 bridgehead atoms. The van der Waals surface area contributed by atoms with E-state index in [1.165, 1.54) is 18.7 Å². The van der Waals surface area contributed by atoms with E-state index in [0.29, 0.717) is 27.5 Å². The van der Waals surface area contributed by atoms with E-state index in [1.54, 1.807) is 40.9 Å². The van der Waals surface area contributed by atoms with Crippen molar-refractivity contribution in [1.29, 1.82) is 0 Å². The highest BCUT2D eigenvalue weighted by Crippen LogP contribution is 2.27. The van der Waals surface area contributed by atoms with Crippen LogP contribution in [0.4, 0.5) is 22.0 Å². The van der Waals surface area contributed by atoms with Gasteiger partial charge in [-0.1, -0.05) is 37.6 Å². The number of ketones is 1. The molecule has 10 heteroatoms. The van der Waals surface area contributed by atoms with Crippen LogP contribution in [-0.4, -0.2) is 31.4 Å². The lowest BCUT2D eigenvalue weighted by Crippen LogP contribution is -2.20. The lowest BCUT2D eigenvalue weighted by atomic mass is 10.0. The minimum absolute atomic E-state index is 0.109. The fourth-order valence-electron chi connectivity index (χ4n) is 3.31. The number of hydrogen-bond donors (Lipinski definition) is 3. The highest BCUT2D eigenvalue weighted by molar-refractivity contribution is 6.33. The molecular formula is C22H20ClN7O2. The van der Waals surface area contributed by atoms with Crippen molar-refractivity contribution in [3.63, 3.8) is 0 Å². The molecule has 4 aromatic rings. The number of nitrogens with one attached hydrogen (secondary N) is 2. The number of nitrogens with two attached hydrogens (primary N) is 1. The van der Waals surface area contributed by atoms with Crippen LogP contribution in [0.5, 0.6) is 0 Å². The van der Waals surface area contributed by atoms with Crippen LogP contribution in [-0.2, 0) is 0 Å². The van der Waals surface area contributed by atoms with Crippen LogP contribution in [0.1, 0.15) is 41.4 Å². The summed E-state index contributed by atoms with van der Waals surface area (Å²) in [6, 6.07) is 9.65. The molecule has 0 spiro atoms. The van der Waals surface area contributed by atoms with Gasteiger partial charge in [0.1, 0.15) is 11.8 Å². The number of fused-ring (bicyclic) bond motifs is 1. The standard InChI is InChI=1S/C22H20ClN7O2/c1-12(2)18-8-15(19-21(24)26-11-27-30(18)19)20(31)13-7-14(10-25-9-13)28-22(32)29-17-6-4-3-5-16(17)23/h3-12H,1-2H3,(H2,24,26,27)(H2,28,29,32). The van der Waals surface area contributed by atoms with E-state index >= 15 is 0 Å². The van der Waals surface area contributed by atoms with Gasteiger partial charge in [-0.05, 0) is 30.2 Å². The van der Waals surface area contributed by atoms with E-state index in [0.717, 1.165) is 5.69 Å². The van der Waals surface area contributed by atoms with Gasteiger partial charge in [-0.15, -0.1) is 0 Å². The normalized spacial score (nSPS) is 11.0. The molecule has 0 radical (unpaired) electrons. The number of para-hydroxylation sites is 1. The average Bonchev–Trinajstić information content (AvgIpc) is 3.16. The van der Waals surface area contributed by atoms with Gasteiger partial charge in [0.05, 0.1) is 28.2 Å². The number of amides is 2. The summed E-state index contributed by atoms with van der Waals surface area (Å²) >= 11 is 6.07. The summed E-state index contributed by atoms with van der Waals surface area (Å²) in [6.07, 6.45) is 4.22. The molecule has 32 heavy (non-hydrogen) atoms. The summed E-state index contributed by atoms with van der Waals surface area (Å²) in [7, 11) is 0. The van der Waals surface area contributed by atoms with Gasteiger partial charge in [0.2, 0.25) is 0 Å². The van der Waals surface area contributed by atoms with Crippen molar-refractivity contribution < 1.29 is 9.59 Å². The zero-order valence-corrected chi connectivity index (χ0v) is 18.1. The molecule has 3 aromatic heterocycles. The molecule has 0 aliphatic heterocycles. The Morgan fingerprint density at radius 2 is 1.91 bits per heavy atom. The molecule has 0 aliphatic rings. The zero-order chi connectivity index (χ0) is 22.8. The molecule has 3 heterocycles. The second-order valence-electron chi connectivity index (χ2n) is 7.39. The van der Waals surface area contributed by atoms with Crippen molar-refractivity contribution >= 4 is 46.1 Å². The molecule has 0 aliphatic carbocycles. The first-order chi connectivity index (χ1) is 15.3. The average molecular weight is 450 g/mol. The maximum Gasteiger partial charge on any atom is 0.323 e. The molecule has 9 nitrogen and oxygen atoms in total. The fourth-order valence-corrected chi connectivity index (χ4v) is 3.49. The van der Waals surface area contributed by atoms with Crippen molar-refractivity contribution in [1.82, 2.24) is 19.6 Å². The van der Waals surface area contributed by atoms with E-state index < -0.39 is 6.03 Å². The maximum absolute atomic E-state index is 13.3.